The number of amides is 1. The van der Waals surface area contributed by atoms with Crippen LogP contribution < -0.4 is 5.73 Å². The summed E-state index contributed by atoms with van der Waals surface area (Å²) in [5, 5.41) is 0. The Morgan fingerprint density at radius 3 is 2.45 bits per heavy atom. The van der Waals surface area contributed by atoms with Crippen molar-refractivity contribution in [3.63, 3.8) is 0 Å². The Bertz CT molecular complexity index is 479. The highest BCUT2D eigenvalue weighted by molar-refractivity contribution is 5.85. The lowest BCUT2D eigenvalue weighted by Crippen LogP contribution is -2.39. The van der Waals surface area contributed by atoms with E-state index in [1.165, 1.54) is 11.1 Å². The third-order valence-corrected chi connectivity index (χ3v) is 4.42. The highest BCUT2D eigenvalue weighted by Crippen LogP contribution is 2.23. The molecule has 124 valence electrons. The Labute approximate surface area is 140 Å². The zero-order valence-corrected chi connectivity index (χ0v) is 14.8. The molecule has 1 aliphatic rings. The molecule has 1 saturated heterocycles. The van der Waals surface area contributed by atoms with E-state index in [0.717, 1.165) is 25.8 Å². The van der Waals surface area contributed by atoms with E-state index in [0.29, 0.717) is 13.0 Å². The number of halogens is 1. The average molecular weight is 325 g/mol. The topological polar surface area (TPSA) is 46.3 Å². The molecule has 0 radical (unpaired) electrons. The van der Waals surface area contributed by atoms with Gasteiger partial charge in [0.1, 0.15) is 0 Å². The second-order valence-electron chi connectivity index (χ2n) is 7.07. The number of hydrogen-bond acceptors (Lipinski definition) is 2. The number of carbonyl (C=O) groups is 1. The molecule has 1 atom stereocenters. The molecule has 0 aliphatic carbocycles. The van der Waals surface area contributed by atoms with E-state index in [-0.39, 0.29) is 29.8 Å². The summed E-state index contributed by atoms with van der Waals surface area (Å²) < 4.78 is 0. The molecule has 0 bridgehead atoms. The predicted octanol–water partition coefficient (Wildman–Crippen LogP) is 3.29. The summed E-state index contributed by atoms with van der Waals surface area (Å²) in [6, 6.07) is 8.92. The summed E-state index contributed by atoms with van der Waals surface area (Å²) in [4.78, 5) is 14.3. The number of nitrogens with two attached hydrogens (primary N) is 1. The van der Waals surface area contributed by atoms with E-state index in [2.05, 4.69) is 45.0 Å². The van der Waals surface area contributed by atoms with Crippen molar-refractivity contribution in [3.05, 3.63) is 35.4 Å². The van der Waals surface area contributed by atoms with Crippen molar-refractivity contribution in [2.75, 3.05) is 13.1 Å². The molecule has 1 aromatic rings. The van der Waals surface area contributed by atoms with Gasteiger partial charge in [0, 0.05) is 25.6 Å². The van der Waals surface area contributed by atoms with E-state index in [1.54, 1.807) is 0 Å². The van der Waals surface area contributed by atoms with E-state index in [9.17, 15) is 4.79 Å². The second-order valence-corrected chi connectivity index (χ2v) is 7.07. The van der Waals surface area contributed by atoms with Crippen molar-refractivity contribution in [1.29, 1.82) is 0 Å². The molecule has 1 aromatic carbocycles. The molecule has 1 heterocycles. The SMILES string of the molecule is CC(C)(C)c1ccc(CCC(=O)N2CCCC2CN)cc1.Cl. The molecule has 2 rings (SSSR count). The van der Waals surface area contributed by atoms with Crippen molar-refractivity contribution in [2.45, 2.75) is 57.9 Å². The van der Waals surface area contributed by atoms with Gasteiger partial charge in [-0.3, -0.25) is 4.79 Å². The number of carbonyl (C=O) groups excluding carboxylic acids is 1. The number of benzene rings is 1. The zero-order chi connectivity index (χ0) is 15.5. The predicted molar refractivity (Wildman–Crippen MR) is 94.5 cm³/mol. The molecule has 1 aliphatic heterocycles. The number of nitrogens with zero attached hydrogens (tertiary/aromatic N) is 1. The molecule has 3 nitrogen and oxygen atoms in total. The highest BCUT2D eigenvalue weighted by Gasteiger charge is 2.26. The van der Waals surface area contributed by atoms with Crippen LogP contribution in [0.15, 0.2) is 24.3 Å². The van der Waals surface area contributed by atoms with Crippen LogP contribution >= 0.6 is 12.4 Å². The molecule has 1 amide bonds. The molecule has 0 saturated carbocycles. The molecule has 1 unspecified atom stereocenters. The molecular weight excluding hydrogens is 296 g/mol. The lowest BCUT2D eigenvalue weighted by Gasteiger charge is -2.23. The summed E-state index contributed by atoms with van der Waals surface area (Å²) in [7, 11) is 0. The third-order valence-electron chi connectivity index (χ3n) is 4.42. The van der Waals surface area contributed by atoms with E-state index >= 15 is 0 Å². The molecule has 4 heteroatoms. The van der Waals surface area contributed by atoms with Gasteiger partial charge in [0.15, 0.2) is 0 Å². The molecule has 1 fully saturated rings. The first-order valence-electron chi connectivity index (χ1n) is 8.01. The van der Waals surface area contributed by atoms with Gasteiger partial charge >= 0.3 is 0 Å². The van der Waals surface area contributed by atoms with Crippen molar-refractivity contribution >= 4 is 18.3 Å². The third kappa shape index (κ3) is 4.72. The van der Waals surface area contributed by atoms with Crippen molar-refractivity contribution in [2.24, 2.45) is 5.73 Å². The van der Waals surface area contributed by atoms with Crippen LogP contribution in [-0.4, -0.2) is 29.9 Å². The number of aryl methyl sites for hydroxylation is 1. The Hall–Kier alpha value is -1.06. The van der Waals surface area contributed by atoms with Gasteiger partial charge in [0.2, 0.25) is 5.91 Å². The van der Waals surface area contributed by atoms with E-state index in [4.69, 9.17) is 5.73 Å². The molecule has 0 aromatic heterocycles. The lowest BCUT2D eigenvalue weighted by molar-refractivity contribution is -0.131. The summed E-state index contributed by atoms with van der Waals surface area (Å²) in [5.74, 6) is 0.253. The normalized spacial score (nSPS) is 18.2. The Morgan fingerprint density at radius 2 is 1.91 bits per heavy atom. The van der Waals surface area contributed by atoms with Crippen LogP contribution in [0.2, 0.25) is 0 Å². The largest absolute Gasteiger partial charge is 0.338 e. The van der Waals surface area contributed by atoms with Crippen molar-refractivity contribution in [1.82, 2.24) is 4.90 Å². The van der Waals surface area contributed by atoms with Crippen LogP contribution in [0.25, 0.3) is 0 Å². The Morgan fingerprint density at radius 1 is 1.27 bits per heavy atom. The average Bonchev–Trinajstić information content (AvgIpc) is 2.92. The molecule has 22 heavy (non-hydrogen) atoms. The summed E-state index contributed by atoms with van der Waals surface area (Å²) in [6.45, 7) is 8.11. The highest BCUT2D eigenvalue weighted by atomic mass is 35.5. The van der Waals surface area contributed by atoms with Gasteiger partial charge in [-0.1, -0.05) is 45.0 Å². The summed E-state index contributed by atoms with van der Waals surface area (Å²) in [5.41, 5.74) is 8.48. The first-order valence-corrected chi connectivity index (χ1v) is 8.01. The number of rotatable bonds is 4. The van der Waals surface area contributed by atoms with Gasteiger partial charge in [-0.05, 0) is 35.8 Å². The standard InChI is InChI=1S/C18H28N2O.ClH/c1-18(2,3)15-9-6-14(7-10-15)8-11-17(21)20-12-4-5-16(20)13-19;/h6-7,9-10,16H,4-5,8,11-13,19H2,1-3H3;1H. The smallest absolute Gasteiger partial charge is 0.223 e. The van der Waals surface area contributed by atoms with Crippen LogP contribution in [-0.2, 0) is 16.6 Å². The Kier molecular flexibility index (Phi) is 6.89. The van der Waals surface area contributed by atoms with Crippen LogP contribution in [0.3, 0.4) is 0 Å². The fraction of sp³-hybridized carbons (Fsp3) is 0.611. The fourth-order valence-electron chi connectivity index (χ4n) is 2.98. The van der Waals surface area contributed by atoms with E-state index in [1.807, 2.05) is 4.90 Å². The maximum Gasteiger partial charge on any atom is 0.223 e. The lowest BCUT2D eigenvalue weighted by atomic mass is 9.86. The monoisotopic (exact) mass is 324 g/mol. The van der Waals surface area contributed by atoms with Crippen LogP contribution in [0.4, 0.5) is 0 Å². The first-order chi connectivity index (χ1) is 9.91. The maximum absolute atomic E-state index is 12.3. The van der Waals surface area contributed by atoms with Crippen LogP contribution in [0.5, 0.6) is 0 Å². The minimum atomic E-state index is 0. The second kappa shape index (κ2) is 7.98. The van der Waals surface area contributed by atoms with Crippen molar-refractivity contribution in [3.8, 4) is 0 Å². The maximum atomic E-state index is 12.3. The van der Waals surface area contributed by atoms with Crippen LogP contribution in [0.1, 0.15) is 51.2 Å². The number of hydrogen-bond donors (Lipinski definition) is 1. The molecule has 0 spiro atoms. The summed E-state index contributed by atoms with van der Waals surface area (Å²) in [6.07, 6.45) is 3.55. The zero-order valence-electron chi connectivity index (χ0n) is 14.0. The summed E-state index contributed by atoms with van der Waals surface area (Å²) >= 11 is 0. The quantitative estimate of drug-likeness (QED) is 0.923. The van der Waals surface area contributed by atoms with Gasteiger partial charge in [0.05, 0.1) is 0 Å². The Balaban J connectivity index is 0.00000242. The number of likely N-dealkylation sites (tertiary alicyclic amines) is 1. The van der Waals surface area contributed by atoms with Gasteiger partial charge < -0.3 is 10.6 Å². The van der Waals surface area contributed by atoms with Crippen molar-refractivity contribution < 1.29 is 4.79 Å². The molecule has 2 N–H and O–H groups in total. The minimum Gasteiger partial charge on any atom is -0.338 e. The van der Waals surface area contributed by atoms with Gasteiger partial charge in [0.25, 0.3) is 0 Å². The van der Waals surface area contributed by atoms with Gasteiger partial charge in [-0.2, -0.15) is 0 Å². The first kappa shape index (κ1) is 19.0. The van der Waals surface area contributed by atoms with Crippen LogP contribution in [0, 0.1) is 0 Å². The van der Waals surface area contributed by atoms with E-state index < -0.39 is 0 Å². The molecular formula is C18H29ClN2O. The minimum absolute atomic E-state index is 0. The van der Waals surface area contributed by atoms with Gasteiger partial charge in [-0.15, -0.1) is 12.4 Å². The van der Waals surface area contributed by atoms with Gasteiger partial charge in [-0.25, -0.2) is 0 Å². The fourth-order valence-corrected chi connectivity index (χ4v) is 2.98.